The van der Waals surface area contributed by atoms with E-state index in [1.54, 1.807) is 4.90 Å². The lowest BCUT2D eigenvalue weighted by Crippen LogP contribution is -2.52. The minimum Gasteiger partial charge on any atom is -0.369 e. The maximum Gasteiger partial charge on any atom is 0.255 e. The van der Waals surface area contributed by atoms with Crippen LogP contribution in [0.4, 0.5) is 5.69 Å². The molecule has 0 aromatic heterocycles. The van der Waals surface area contributed by atoms with E-state index in [9.17, 15) is 14.4 Å². The molecule has 5 rings (SSSR count). The van der Waals surface area contributed by atoms with Crippen LogP contribution in [-0.2, 0) is 22.6 Å². The Kier molecular flexibility index (Phi) is 7.13. The van der Waals surface area contributed by atoms with Gasteiger partial charge in [0.05, 0.1) is 0 Å². The van der Waals surface area contributed by atoms with Crippen LogP contribution in [0.1, 0.15) is 53.6 Å². The Labute approximate surface area is 207 Å². The normalized spacial score (nSPS) is 20.8. The summed E-state index contributed by atoms with van der Waals surface area (Å²) in [6.07, 6.45) is 5.06. The van der Waals surface area contributed by atoms with Gasteiger partial charge < -0.3 is 9.80 Å². The van der Waals surface area contributed by atoms with Crippen LogP contribution in [0.3, 0.4) is 0 Å². The van der Waals surface area contributed by atoms with Crippen LogP contribution in [-0.4, -0.2) is 66.3 Å². The fourth-order valence-electron chi connectivity index (χ4n) is 5.58. The molecule has 0 saturated carbocycles. The second kappa shape index (κ2) is 10.6. The molecule has 2 fully saturated rings. The number of para-hydroxylation sites is 1. The van der Waals surface area contributed by atoms with E-state index in [2.05, 4.69) is 51.5 Å². The highest BCUT2D eigenvalue weighted by molar-refractivity contribution is 6.05. The lowest BCUT2D eigenvalue weighted by molar-refractivity contribution is -0.136. The number of piperidine rings is 1. The molecule has 3 aliphatic rings. The summed E-state index contributed by atoms with van der Waals surface area (Å²) in [4.78, 5) is 43.5. The molecule has 7 nitrogen and oxygen atoms in total. The van der Waals surface area contributed by atoms with E-state index in [1.807, 2.05) is 12.1 Å². The summed E-state index contributed by atoms with van der Waals surface area (Å²) in [5.74, 6) is -0.700. The Hall–Kier alpha value is -3.19. The number of fused-ring (bicyclic) bond motifs is 1. The number of aryl methyl sites for hydroxylation is 1. The molecule has 1 atom stereocenters. The largest absolute Gasteiger partial charge is 0.369 e. The van der Waals surface area contributed by atoms with Gasteiger partial charge in [0.2, 0.25) is 11.8 Å². The number of nitrogens with zero attached hydrogens (tertiary/aromatic N) is 3. The van der Waals surface area contributed by atoms with Gasteiger partial charge in [0.1, 0.15) is 6.04 Å². The summed E-state index contributed by atoms with van der Waals surface area (Å²) in [7, 11) is 0. The third kappa shape index (κ3) is 5.25. The van der Waals surface area contributed by atoms with Crippen LogP contribution in [0.15, 0.2) is 48.5 Å². The van der Waals surface area contributed by atoms with Gasteiger partial charge in [0.15, 0.2) is 0 Å². The zero-order valence-corrected chi connectivity index (χ0v) is 20.2. The highest BCUT2D eigenvalue weighted by atomic mass is 16.2. The summed E-state index contributed by atoms with van der Waals surface area (Å²) in [6, 6.07) is 16.0. The quantitative estimate of drug-likeness (QED) is 0.470. The molecule has 0 bridgehead atoms. The lowest BCUT2D eigenvalue weighted by atomic mass is 9.98. The molecule has 3 heterocycles. The van der Waals surface area contributed by atoms with Gasteiger partial charge in [-0.05, 0) is 61.6 Å². The Morgan fingerprint density at radius 2 is 1.66 bits per heavy atom. The molecule has 35 heavy (non-hydrogen) atoms. The molecule has 0 radical (unpaired) electrons. The molecule has 3 aliphatic heterocycles. The summed E-state index contributed by atoms with van der Waals surface area (Å²) in [5.41, 5.74) is 4.29. The molecule has 184 valence electrons. The third-order valence-electron chi connectivity index (χ3n) is 7.59. The number of nitrogens with one attached hydrogen (secondary N) is 1. The first kappa shape index (κ1) is 23.5. The van der Waals surface area contributed by atoms with Gasteiger partial charge in [-0.1, -0.05) is 36.8 Å². The number of hydrogen-bond acceptors (Lipinski definition) is 5. The van der Waals surface area contributed by atoms with Gasteiger partial charge in [-0.2, -0.15) is 0 Å². The zero-order valence-electron chi connectivity index (χ0n) is 20.2. The van der Waals surface area contributed by atoms with Crippen LogP contribution in [0.2, 0.25) is 0 Å². The first-order chi connectivity index (χ1) is 17.1. The number of anilines is 1. The van der Waals surface area contributed by atoms with E-state index in [0.29, 0.717) is 18.5 Å². The number of carbonyl (C=O) groups is 3. The number of unbranched alkanes of at least 4 members (excludes halogenated alkanes) is 2. The Bertz CT molecular complexity index is 1080. The Morgan fingerprint density at radius 3 is 2.43 bits per heavy atom. The zero-order chi connectivity index (χ0) is 24.2. The minimum absolute atomic E-state index is 0.0917. The summed E-state index contributed by atoms with van der Waals surface area (Å²) in [6.45, 7) is 5.98. The van der Waals surface area contributed by atoms with Gasteiger partial charge in [-0.3, -0.25) is 24.6 Å². The van der Waals surface area contributed by atoms with Gasteiger partial charge in [-0.25, -0.2) is 0 Å². The summed E-state index contributed by atoms with van der Waals surface area (Å²) >= 11 is 0. The molecule has 1 N–H and O–H groups in total. The molecule has 1 unspecified atom stereocenters. The van der Waals surface area contributed by atoms with Gasteiger partial charge in [0, 0.05) is 50.4 Å². The van der Waals surface area contributed by atoms with Crippen LogP contribution in [0.25, 0.3) is 0 Å². The fraction of sp³-hybridized carbons (Fsp3) is 0.464. The Balaban J connectivity index is 1.07. The van der Waals surface area contributed by atoms with Gasteiger partial charge in [-0.15, -0.1) is 0 Å². The van der Waals surface area contributed by atoms with Crippen LogP contribution in [0, 0.1) is 0 Å². The molecular weight excluding hydrogens is 440 g/mol. The topological polar surface area (TPSA) is 73.0 Å². The van der Waals surface area contributed by atoms with Crippen LogP contribution in [0.5, 0.6) is 0 Å². The number of carbonyl (C=O) groups excluding carboxylic acids is 3. The van der Waals surface area contributed by atoms with E-state index in [-0.39, 0.29) is 24.1 Å². The minimum atomic E-state index is -0.553. The van der Waals surface area contributed by atoms with E-state index in [0.717, 1.165) is 57.5 Å². The number of amides is 3. The van der Waals surface area contributed by atoms with E-state index < -0.39 is 6.04 Å². The molecule has 0 spiro atoms. The lowest BCUT2D eigenvalue weighted by Gasteiger charge is -2.36. The monoisotopic (exact) mass is 474 g/mol. The third-order valence-corrected chi connectivity index (χ3v) is 7.59. The number of rotatable bonds is 8. The van der Waals surface area contributed by atoms with Crippen molar-refractivity contribution in [1.82, 2.24) is 15.1 Å². The first-order valence-electron chi connectivity index (χ1n) is 12.9. The number of benzene rings is 2. The van der Waals surface area contributed by atoms with Crippen LogP contribution < -0.4 is 10.2 Å². The van der Waals surface area contributed by atoms with Crippen molar-refractivity contribution in [3.63, 3.8) is 0 Å². The van der Waals surface area contributed by atoms with E-state index >= 15 is 0 Å². The van der Waals surface area contributed by atoms with Crippen molar-refractivity contribution in [3.05, 3.63) is 65.2 Å². The molecule has 7 heteroatoms. The maximum atomic E-state index is 13.0. The number of piperazine rings is 1. The van der Waals surface area contributed by atoms with Crippen molar-refractivity contribution < 1.29 is 14.4 Å². The molecule has 0 aliphatic carbocycles. The molecule has 2 aromatic carbocycles. The SMILES string of the molecule is O=C1CCC(N2Cc3c(CCCCCN4CCN(c5ccccc5)CC4)cccc3C2=O)C(=O)N1. The van der Waals surface area contributed by atoms with Crippen molar-refractivity contribution in [3.8, 4) is 0 Å². The molecule has 2 aromatic rings. The summed E-state index contributed by atoms with van der Waals surface area (Å²) in [5, 5.41) is 2.38. The number of hydrogen-bond donors (Lipinski definition) is 1. The average molecular weight is 475 g/mol. The standard InChI is InChI=1S/C28H34N4O3/c33-26-14-13-25(27(34)29-26)32-20-24-21(9-7-12-23(24)28(32)35)8-3-2-6-15-30-16-18-31(19-17-30)22-10-4-1-5-11-22/h1,4-5,7,9-12,25H,2-3,6,8,13-20H2,(H,29,33,34). The van der Waals surface area contributed by atoms with Gasteiger partial charge in [0.25, 0.3) is 5.91 Å². The predicted octanol–water partition coefficient (Wildman–Crippen LogP) is 2.98. The van der Waals surface area contributed by atoms with E-state index in [1.165, 1.54) is 17.7 Å². The van der Waals surface area contributed by atoms with Crippen molar-refractivity contribution in [2.24, 2.45) is 0 Å². The van der Waals surface area contributed by atoms with E-state index in [4.69, 9.17) is 0 Å². The van der Waals surface area contributed by atoms with Crippen molar-refractivity contribution in [1.29, 1.82) is 0 Å². The maximum absolute atomic E-state index is 13.0. The predicted molar refractivity (Wildman–Crippen MR) is 135 cm³/mol. The van der Waals surface area contributed by atoms with Crippen molar-refractivity contribution in [2.75, 3.05) is 37.6 Å². The van der Waals surface area contributed by atoms with Crippen LogP contribution >= 0.6 is 0 Å². The fourth-order valence-corrected chi connectivity index (χ4v) is 5.58. The second-order valence-electron chi connectivity index (χ2n) is 9.82. The first-order valence-corrected chi connectivity index (χ1v) is 12.9. The Morgan fingerprint density at radius 1 is 0.857 bits per heavy atom. The highest BCUT2D eigenvalue weighted by Crippen LogP contribution is 2.30. The number of imide groups is 1. The molecular formula is C28H34N4O3. The van der Waals surface area contributed by atoms with Crippen molar-refractivity contribution >= 4 is 23.4 Å². The summed E-state index contributed by atoms with van der Waals surface area (Å²) < 4.78 is 0. The van der Waals surface area contributed by atoms with Crippen molar-refractivity contribution in [2.45, 2.75) is 51.1 Å². The molecule has 2 saturated heterocycles. The van der Waals surface area contributed by atoms with Gasteiger partial charge >= 0.3 is 0 Å². The molecule has 3 amide bonds. The average Bonchev–Trinajstić information content (AvgIpc) is 3.21. The highest BCUT2D eigenvalue weighted by Gasteiger charge is 2.39. The second-order valence-corrected chi connectivity index (χ2v) is 9.82. The smallest absolute Gasteiger partial charge is 0.255 e.